The lowest BCUT2D eigenvalue weighted by atomic mass is 10.1. The minimum Gasteiger partial charge on any atom is -0.376 e. The molecule has 1 N–H and O–H groups in total. The van der Waals surface area contributed by atoms with Crippen LogP contribution in [-0.4, -0.2) is 49.8 Å². The maximum Gasteiger partial charge on any atom is 0.0700 e. The molecule has 2 fully saturated rings. The van der Waals surface area contributed by atoms with Crippen LogP contribution in [0.3, 0.4) is 0 Å². The maximum absolute atomic E-state index is 5.61. The van der Waals surface area contributed by atoms with E-state index in [1.807, 2.05) is 0 Å². The first-order chi connectivity index (χ1) is 5.90. The van der Waals surface area contributed by atoms with Crippen molar-refractivity contribution in [1.29, 1.82) is 0 Å². The predicted molar refractivity (Wildman–Crippen MR) is 48.3 cm³/mol. The Morgan fingerprint density at radius 3 is 2.92 bits per heavy atom. The topological polar surface area (TPSA) is 24.5 Å². The molecule has 0 spiro atoms. The second-order valence-corrected chi connectivity index (χ2v) is 3.71. The largest absolute Gasteiger partial charge is 0.376 e. The average molecular weight is 170 g/mol. The van der Waals surface area contributed by atoms with E-state index in [0.717, 1.165) is 32.2 Å². The van der Waals surface area contributed by atoms with Crippen molar-refractivity contribution in [2.45, 2.75) is 25.5 Å². The number of hydrogen-bond donors (Lipinski definition) is 1. The highest BCUT2D eigenvalue weighted by atomic mass is 16.5. The van der Waals surface area contributed by atoms with E-state index in [9.17, 15) is 0 Å². The number of hydrogen-bond acceptors (Lipinski definition) is 3. The zero-order valence-corrected chi connectivity index (χ0v) is 7.75. The Morgan fingerprint density at radius 2 is 2.33 bits per heavy atom. The monoisotopic (exact) mass is 170 g/mol. The highest BCUT2D eigenvalue weighted by Gasteiger charge is 2.28. The summed E-state index contributed by atoms with van der Waals surface area (Å²) in [4.78, 5) is 2.56. The molecule has 2 aliphatic rings. The lowest BCUT2D eigenvalue weighted by molar-refractivity contribution is -0.0513. The Hall–Kier alpha value is -0.120. The van der Waals surface area contributed by atoms with Gasteiger partial charge in [0, 0.05) is 32.2 Å². The van der Waals surface area contributed by atoms with E-state index in [4.69, 9.17) is 4.74 Å². The van der Waals surface area contributed by atoms with Gasteiger partial charge in [-0.05, 0) is 6.42 Å². The summed E-state index contributed by atoms with van der Waals surface area (Å²) in [6.45, 7) is 7.75. The third-order valence-electron chi connectivity index (χ3n) is 2.90. The normalized spacial score (nSPS) is 33.2. The van der Waals surface area contributed by atoms with Crippen LogP contribution in [0, 0.1) is 0 Å². The molecule has 2 rings (SSSR count). The highest BCUT2D eigenvalue weighted by molar-refractivity contribution is 4.87. The van der Waals surface area contributed by atoms with E-state index >= 15 is 0 Å². The molecule has 2 aliphatic heterocycles. The minimum atomic E-state index is 0.486. The molecule has 0 bridgehead atoms. The fourth-order valence-corrected chi connectivity index (χ4v) is 1.85. The Labute approximate surface area is 74.1 Å². The lowest BCUT2D eigenvalue weighted by Crippen LogP contribution is -2.60. The van der Waals surface area contributed by atoms with E-state index in [1.165, 1.54) is 13.1 Å². The van der Waals surface area contributed by atoms with Gasteiger partial charge in [0.2, 0.25) is 0 Å². The molecule has 2 heterocycles. The predicted octanol–water partition coefficient (Wildman–Crippen LogP) is 0.0690. The molecule has 0 amide bonds. The van der Waals surface area contributed by atoms with Crippen molar-refractivity contribution in [2.24, 2.45) is 0 Å². The number of morpholine rings is 1. The van der Waals surface area contributed by atoms with Gasteiger partial charge in [0.1, 0.15) is 0 Å². The summed E-state index contributed by atoms with van der Waals surface area (Å²) in [7, 11) is 0. The molecule has 3 nitrogen and oxygen atoms in total. The van der Waals surface area contributed by atoms with Crippen molar-refractivity contribution >= 4 is 0 Å². The van der Waals surface area contributed by atoms with Crippen LogP contribution in [0.2, 0.25) is 0 Å². The SMILES string of the molecule is CCC1CN(C2CNC2)CCO1. The maximum atomic E-state index is 5.61. The van der Waals surface area contributed by atoms with E-state index in [0.29, 0.717) is 6.10 Å². The van der Waals surface area contributed by atoms with Crippen molar-refractivity contribution in [3.63, 3.8) is 0 Å². The van der Waals surface area contributed by atoms with Crippen molar-refractivity contribution in [2.75, 3.05) is 32.8 Å². The fraction of sp³-hybridized carbons (Fsp3) is 1.00. The second-order valence-electron chi connectivity index (χ2n) is 3.71. The Balaban J connectivity index is 1.81. The molecule has 0 aromatic heterocycles. The summed E-state index contributed by atoms with van der Waals surface area (Å²) in [5.74, 6) is 0. The second kappa shape index (κ2) is 3.73. The number of rotatable bonds is 2. The van der Waals surface area contributed by atoms with Crippen molar-refractivity contribution in [3.8, 4) is 0 Å². The first-order valence-corrected chi connectivity index (χ1v) is 4.96. The molecule has 70 valence electrons. The first-order valence-electron chi connectivity index (χ1n) is 4.96. The molecule has 0 aromatic rings. The number of nitrogens with zero attached hydrogens (tertiary/aromatic N) is 1. The fourth-order valence-electron chi connectivity index (χ4n) is 1.85. The lowest BCUT2D eigenvalue weighted by Gasteiger charge is -2.42. The zero-order chi connectivity index (χ0) is 8.39. The van der Waals surface area contributed by atoms with Gasteiger partial charge >= 0.3 is 0 Å². The van der Waals surface area contributed by atoms with Gasteiger partial charge < -0.3 is 10.1 Å². The van der Waals surface area contributed by atoms with E-state index in [1.54, 1.807) is 0 Å². The van der Waals surface area contributed by atoms with Gasteiger partial charge in [0.15, 0.2) is 0 Å². The smallest absolute Gasteiger partial charge is 0.0700 e. The molecule has 12 heavy (non-hydrogen) atoms. The van der Waals surface area contributed by atoms with Crippen LogP contribution in [0.25, 0.3) is 0 Å². The van der Waals surface area contributed by atoms with Gasteiger partial charge in [-0.3, -0.25) is 4.90 Å². The third-order valence-corrected chi connectivity index (χ3v) is 2.90. The van der Waals surface area contributed by atoms with Crippen molar-refractivity contribution < 1.29 is 4.74 Å². The summed E-state index contributed by atoms with van der Waals surface area (Å²) >= 11 is 0. The van der Waals surface area contributed by atoms with E-state index < -0.39 is 0 Å². The first kappa shape index (κ1) is 8.48. The molecule has 2 saturated heterocycles. The van der Waals surface area contributed by atoms with Gasteiger partial charge in [-0.25, -0.2) is 0 Å². The van der Waals surface area contributed by atoms with Gasteiger partial charge in [-0.2, -0.15) is 0 Å². The average Bonchev–Trinajstić information content (AvgIpc) is 2.02. The standard InChI is InChI=1S/C9H18N2O/c1-2-9-7-11(3-4-12-9)8-5-10-6-8/h8-10H,2-7H2,1H3. The molecule has 1 unspecified atom stereocenters. The van der Waals surface area contributed by atoms with Gasteiger partial charge in [0.25, 0.3) is 0 Å². The summed E-state index contributed by atoms with van der Waals surface area (Å²) in [6, 6.07) is 0.794. The zero-order valence-electron chi connectivity index (χ0n) is 7.75. The third kappa shape index (κ3) is 1.63. The van der Waals surface area contributed by atoms with Crippen LogP contribution in [-0.2, 0) is 4.74 Å². The minimum absolute atomic E-state index is 0.486. The molecule has 0 aromatic carbocycles. The molecule has 3 heteroatoms. The van der Waals surface area contributed by atoms with Crippen LogP contribution in [0.15, 0.2) is 0 Å². The van der Waals surface area contributed by atoms with Gasteiger partial charge in [0.05, 0.1) is 12.7 Å². The van der Waals surface area contributed by atoms with Crippen LogP contribution < -0.4 is 5.32 Å². The van der Waals surface area contributed by atoms with E-state index in [2.05, 4.69) is 17.1 Å². The highest BCUT2D eigenvalue weighted by Crippen LogP contribution is 2.13. The summed E-state index contributed by atoms with van der Waals surface area (Å²) in [5, 5.41) is 3.31. The number of nitrogens with one attached hydrogen (secondary N) is 1. The van der Waals surface area contributed by atoms with Crippen LogP contribution in [0.4, 0.5) is 0 Å². The van der Waals surface area contributed by atoms with Crippen LogP contribution in [0.5, 0.6) is 0 Å². The summed E-state index contributed by atoms with van der Waals surface area (Å²) < 4.78 is 5.61. The van der Waals surface area contributed by atoms with Crippen molar-refractivity contribution in [3.05, 3.63) is 0 Å². The Bertz CT molecular complexity index is 147. The van der Waals surface area contributed by atoms with Crippen molar-refractivity contribution in [1.82, 2.24) is 10.2 Å². The molecule has 0 aliphatic carbocycles. The summed E-state index contributed by atoms with van der Waals surface area (Å²) in [5.41, 5.74) is 0. The number of ether oxygens (including phenoxy) is 1. The molecular weight excluding hydrogens is 152 g/mol. The van der Waals surface area contributed by atoms with Crippen LogP contribution in [0.1, 0.15) is 13.3 Å². The van der Waals surface area contributed by atoms with E-state index in [-0.39, 0.29) is 0 Å². The van der Waals surface area contributed by atoms with Crippen LogP contribution >= 0.6 is 0 Å². The molecule has 0 saturated carbocycles. The molecular formula is C9H18N2O. The van der Waals surface area contributed by atoms with Gasteiger partial charge in [-0.1, -0.05) is 6.92 Å². The quantitative estimate of drug-likeness (QED) is 0.634. The Kier molecular flexibility index (Phi) is 2.63. The molecule has 1 atom stereocenters. The molecule has 0 radical (unpaired) electrons. The summed E-state index contributed by atoms with van der Waals surface area (Å²) in [6.07, 6.45) is 1.63. The van der Waals surface area contributed by atoms with Gasteiger partial charge in [-0.15, -0.1) is 0 Å². The Morgan fingerprint density at radius 1 is 1.50 bits per heavy atom.